The van der Waals surface area contributed by atoms with Crippen LogP contribution in [0.15, 0.2) is 72.0 Å². The van der Waals surface area contributed by atoms with E-state index in [1.54, 1.807) is 41.2 Å². The highest BCUT2D eigenvalue weighted by Gasteiger charge is 2.16. The van der Waals surface area contributed by atoms with Crippen LogP contribution in [0.2, 0.25) is 0 Å². The van der Waals surface area contributed by atoms with Gasteiger partial charge in [-0.25, -0.2) is 18.4 Å². The molecular weight excluding hydrogens is 348 g/mol. The normalized spacial score (nSPS) is 11.7. The largest absolute Gasteiger partial charge is 0.369 e. The average molecular weight is 364 g/mol. The fraction of sp³-hybridized carbons (Fsp3) is 0.0526. The molecule has 6 nitrogen and oxygen atoms in total. The summed E-state index contributed by atoms with van der Waals surface area (Å²) in [5.74, 6) is 0.339. The fourth-order valence-corrected chi connectivity index (χ4v) is 3.56. The van der Waals surface area contributed by atoms with Gasteiger partial charge in [-0.05, 0) is 17.7 Å². The van der Waals surface area contributed by atoms with Crippen LogP contribution in [0.25, 0.3) is 27.9 Å². The van der Waals surface area contributed by atoms with Gasteiger partial charge in [-0.15, -0.1) is 0 Å². The van der Waals surface area contributed by atoms with E-state index in [4.69, 9.17) is 5.73 Å². The molecule has 0 saturated heterocycles. The van der Waals surface area contributed by atoms with E-state index >= 15 is 0 Å². The SMILES string of the molecule is CS(=O)(=O)c1ccc(-c2cnc(N)n3cnc(-c4ccccc4)c23)cc1. The van der Waals surface area contributed by atoms with Gasteiger partial charge >= 0.3 is 0 Å². The first-order valence-electron chi connectivity index (χ1n) is 7.92. The zero-order valence-corrected chi connectivity index (χ0v) is 14.8. The molecule has 7 heteroatoms. The van der Waals surface area contributed by atoms with E-state index in [1.165, 1.54) is 6.26 Å². The van der Waals surface area contributed by atoms with Crippen LogP contribution in [0.4, 0.5) is 5.95 Å². The average Bonchev–Trinajstić information content (AvgIpc) is 3.08. The Balaban J connectivity index is 1.96. The van der Waals surface area contributed by atoms with Crippen LogP contribution in [-0.4, -0.2) is 29.0 Å². The fourth-order valence-electron chi connectivity index (χ4n) is 2.93. The summed E-state index contributed by atoms with van der Waals surface area (Å²) in [4.78, 5) is 9.04. The molecule has 0 bridgehead atoms. The van der Waals surface area contributed by atoms with Crippen LogP contribution in [0.3, 0.4) is 0 Å². The number of sulfone groups is 1. The Morgan fingerprint density at radius 3 is 2.27 bits per heavy atom. The van der Waals surface area contributed by atoms with E-state index in [-0.39, 0.29) is 4.90 Å². The van der Waals surface area contributed by atoms with Crippen molar-refractivity contribution in [2.45, 2.75) is 4.90 Å². The molecule has 130 valence electrons. The number of nitrogens with two attached hydrogens (primary N) is 1. The van der Waals surface area contributed by atoms with Gasteiger partial charge in [0.2, 0.25) is 5.95 Å². The standard InChI is InChI=1S/C19H16N4O2S/c1-26(24,25)15-9-7-13(8-10-15)16-11-21-19(20)23-12-22-17(18(16)23)14-5-3-2-4-6-14/h2-12H,1H3,(H2,20,21). The number of rotatable bonds is 3. The number of imidazole rings is 1. The highest BCUT2D eigenvalue weighted by molar-refractivity contribution is 7.90. The molecule has 0 saturated carbocycles. The van der Waals surface area contributed by atoms with Crippen molar-refractivity contribution in [3.05, 3.63) is 67.1 Å². The van der Waals surface area contributed by atoms with Crippen molar-refractivity contribution in [2.75, 3.05) is 12.0 Å². The lowest BCUT2D eigenvalue weighted by Crippen LogP contribution is -2.01. The van der Waals surface area contributed by atoms with Gasteiger partial charge in [0.05, 0.1) is 16.1 Å². The summed E-state index contributed by atoms with van der Waals surface area (Å²) >= 11 is 0. The summed E-state index contributed by atoms with van der Waals surface area (Å²) in [6.45, 7) is 0. The van der Waals surface area contributed by atoms with Crippen molar-refractivity contribution in [2.24, 2.45) is 0 Å². The molecule has 2 heterocycles. The molecule has 0 aliphatic carbocycles. The lowest BCUT2D eigenvalue weighted by molar-refractivity contribution is 0.602. The Bertz CT molecular complexity index is 1200. The van der Waals surface area contributed by atoms with Crippen molar-refractivity contribution >= 4 is 21.3 Å². The minimum Gasteiger partial charge on any atom is -0.369 e. The van der Waals surface area contributed by atoms with Gasteiger partial charge in [-0.2, -0.15) is 0 Å². The quantitative estimate of drug-likeness (QED) is 0.603. The summed E-state index contributed by atoms with van der Waals surface area (Å²) in [6, 6.07) is 16.5. The number of hydrogen-bond donors (Lipinski definition) is 1. The number of fused-ring (bicyclic) bond motifs is 1. The van der Waals surface area contributed by atoms with Crippen molar-refractivity contribution in [3.8, 4) is 22.4 Å². The van der Waals surface area contributed by atoms with Crippen molar-refractivity contribution in [1.82, 2.24) is 14.4 Å². The highest BCUT2D eigenvalue weighted by Crippen LogP contribution is 2.33. The lowest BCUT2D eigenvalue weighted by Gasteiger charge is -2.09. The van der Waals surface area contributed by atoms with E-state index in [0.29, 0.717) is 5.95 Å². The summed E-state index contributed by atoms with van der Waals surface area (Å²) in [7, 11) is -3.24. The van der Waals surface area contributed by atoms with Crippen LogP contribution < -0.4 is 5.73 Å². The second-order valence-electron chi connectivity index (χ2n) is 6.00. The molecule has 4 rings (SSSR count). The topological polar surface area (TPSA) is 90.3 Å². The van der Waals surface area contributed by atoms with E-state index < -0.39 is 9.84 Å². The number of anilines is 1. The molecule has 0 atom stereocenters. The van der Waals surface area contributed by atoms with E-state index in [2.05, 4.69) is 9.97 Å². The molecule has 0 radical (unpaired) electrons. The molecule has 0 spiro atoms. The molecular formula is C19H16N4O2S. The zero-order valence-electron chi connectivity index (χ0n) is 14.0. The Labute approximate surface area is 150 Å². The second kappa shape index (κ2) is 5.96. The molecule has 2 N–H and O–H groups in total. The van der Waals surface area contributed by atoms with Gasteiger partial charge < -0.3 is 5.73 Å². The van der Waals surface area contributed by atoms with Gasteiger partial charge in [0.1, 0.15) is 6.33 Å². The molecule has 4 aromatic rings. The van der Waals surface area contributed by atoms with Gasteiger partial charge in [0, 0.05) is 23.6 Å². The third kappa shape index (κ3) is 2.72. The van der Waals surface area contributed by atoms with E-state index in [0.717, 1.165) is 27.9 Å². The van der Waals surface area contributed by atoms with Crippen molar-refractivity contribution in [1.29, 1.82) is 0 Å². The number of nitrogens with zero attached hydrogens (tertiary/aromatic N) is 3. The molecule has 0 amide bonds. The van der Waals surface area contributed by atoms with Crippen LogP contribution in [0.1, 0.15) is 0 Å². The smallest absolute Gasteiger partial charge is 0.206 e. The van der Waals surface area contributed by atoms with Gasteiger partial charge in [-0.1, -0.05) is 42.5 Å². The van der Waals surface area contributed by atoms with Crippen LogP contribution >= 0.6 is 0 Å². The summed E-state index contributed by atoms with van der Waals surface area (Å²) in [5, 5.41) is 0. The maximum Gasteiger partial charge on any atom is 0.206 e. The van der Waals surface area contributed by atoms with Crippen molar-refractivity contribution in [3.63, 3.8) is 0 Å². The van der Waals surface area contributed by atoms with E-state index in [9.17, 15) is 8.42 Å². The van der Waals surface area contributed by atoms with Crippen LogP contribution in [-0.2, 0) is 9.84 Å². The Hall–Kier alpha value is -3.19. The Morgan fingerprint density at radius 1 is 0.923 bits per heavy atom. The first-order chi connectivity index (χ1) is 12.4. The maximum atomic E-state index is 11.7. The molecule has 2 aromatic heterocycles. The second-order valence-corrected chi connectivity index (χ2v) is 8.02. The number of hydrogen-bond acceptors (Lipinski definition) is 5. The van der Waals surface area contributed by atoms with E-state index in [1.807, 2.05) is 30.3 Å². The molecule has 0 aliphatic heterocycles. The van der Waals surface area contributed by atoms with Gasteiger partial charge in [-0.3, -0.25) is 4.40 Å². The van der Waals surface area contributed by atoms with Crippen LogP contribution in [0, 0.1) is 0 Å². The third-order valence-corrected chi connectivity index (χ3v) is 5.36. The molecule has 0 aliphatic rings. The third-order valence-electron chi connectivity index (χ3n) is 4.24. The van der Waals surface area contributed by atoms with Crippen molar-refractivity contribution < 1.29 is 8.42 Å². The first-order valence-corrected chi connectivity index (χ1v) is 9.82. The summed E-state index contributed by atoms with van der Waals surface area (Å²) < 4.78 is 25.1. The molecule has 0 unspecified atom stereocenters. The van der Waals surface area contributed by atoms with Gasteiger partial charge in [0.25, 0.3) is 0 Å². The predicted molar refractivity (Wildman–Crippen MR) is 101 cm³/mol. The minimum absolute atomic E-state index is 0.275. The summed E-state index contributed by atoms with van der Waals surface area (Å²) in [6.07, 6.45) is 4.53. The lowest BCUT2D eigenvalue weighted by atomic mass is 10.0. The monoisotopic (exact) mass is 364 g/mol. The minimum atomic E-state index is -3.24. The van der Waals surface area contributed by atoms with Crippen LogP contribution in [0.5, 0.6) is 0 Å². The molecule has 0 fully saturated rings. The highest BCUT2D eigenvalue weighted by atomic mass is 32.2. The first kappa shape index (κ1) is 16.3. The van der Waals surface area contributed by atoms with Gasteiger partial charge in [0.15, 0.2) is 9.84 Å². The Morgan fingerprint density at radius 2 is 1.62 bits per heavy atom. The Kier molecular flexibility index (Phi) is 3.73. The molecule has 2 aromatic carbocycles. The number of nitrogen functional groups attached to an aromatic ring is 1. The molecule has 26 heavy (non-hydrogen) atoms. The maximum absolute atomic E-state index is 11.7. The number of aromatic nitrogens is 3. The predicted octanol–water partition coefficient (Wildman–Crippen LogP) is 3.05. The number of benzene rings is 2. The zero-order chi connectivity index (χ0) is 18.3. The summed E-state index contributed by atoms with van der Waals surface area (Å²) in [5.41, 5.74) is 10.3.